The summed E-state index contributed by atoms with van der Waals surface area (Å²) in [5, 5.41) is 0. The molecule has 1 heterocycles. The summed E-state index contributed by atoms with van der Waals surface area (Å²) in [5.74, 6) is -3.15. The maximum Gasteiger partial charge on any atom is 0.304 e. The van der Waals surface area contributed by atoms with Gasteiger partial charge in [-0.1, -0.05) is 17.7 Å². The standard InChI is InChI=1S/C21H27NO11S/c1-11-6-8-16(9-7-11)34(27,28)22-18-20(31-14(4)25)19(30-13(3)24)17(10-29-12(2)23)33-21(18)32-15(5)26/h6-9,17-22H,10H2,1-5H3/t17-,18-,19+,20-,21-/m0/s1. The topological polar surface area (TPSA) is 161 Å². The van der Waals surface area contributed by atoms with Gasteiger partial charge in [0.15, 0.2) is 12.2 Å². The largest absolute Gasteiger partial charge is 0.463 e. The zero-order chi connectivity index (χ0) is 25.6. The number of hydrogen-bond donors (Lipinski definition) is 1. The molecule has 0 saturated carbocycles. The predicted octanol–water partition coefficient (Wildman–Crippen LogP) is 0.356. The number of benzene rings is 1. The molecule has 1 N–H and O–H groups in total. The van der Waals surface area contributed by atoms with Crippen LogP contribution in [0.4, 0.5) is 0 Å². The smallest absolute Gasteiger partial charge is 0.304 e. The van der Waals surface area contributed by atoms with Crippen molar-refractivity contribution in [3.05, 3.63) is 29.8 Å². The molecular weight excluding hydrogens is 474 g/mol. The average Bonchev–Trinajstić information content (AvgIpc) is 2.70. The molecule has 1 aliphatic heterocycles. The number of esters is 4. The summed E-state index contributed by atoms with van der Waals surface area (Å²) >= 11 is 0. The molecule has 1 aromatic carbocycles. The molecule has 5 atom stereocenters. The van der Waals surface area contributed by atoms with Crippen LogP contribution < -0.4 is 4.72 Å². The van der Waals surface area contributed by atoms with E-state index in [1.54, 1.807) is 19.1 Å². The number of sulfonamides is 1. The molecule has 1 aliphatic rings. The maximum atomic E-state index is 13.1. The van der Waals surface area contributed by atoms with E-state index in [4.69, 9.17) is 23.7 Å². The molecule has 1 fully saturated rings. The van der Waals surface area contributed by atoms with Crippen molar-refractivity contribution in [2.45, 2.75) is 70.2 Å². The Morgan fingerprint density at radius 3 is 1.88 bits per heavy atom. The molecule has 0 spiro atoms. The van der Waals surface area contributed by atoms with E-state index in [2.05, 4.69) is 4.72 Å². The molecule has 0 radical (unpaired) electrons. The molecular formula is C21H27NO11S. The number of hydrogen-bond acceptors (Lipinski definition) is 11. The van der Waals surface area contributed by atoms with E-state index in [9.17, 15) is 27.6 Å². The van der Waals surface area contributed by atoms with Gasteiger partial charge in [0.1, 0.15) is 18.8 Å². The first-order chi connectivity index (χ1) is 15.8. The molecule has 0 aromatic heterocycles. The Hall–Kier alpha value is -3.03. The van der Waals surface area contributed by atoms with Crippen LogP contribution in [0.3, 0.4) is 0 Å². The van der Waals surface area contributed by atoms with Crippen molar-refractivity contribution >= 4 is 33.9 Å². The van der Waals surface area contributed by atoms with E-state index >= 15 is 0 Å². The number of rotatable bonds is 8. The van der Waals surface area contributed by atoms with E-state index in [-0.39, 0.29) is 4.90 Å². The molecule has 188 valence electrons. The minimum absolute atomic E-state index is 0.118. The van der Waals surface area contributed by atoms with E-state index in [1.807, 2.05) is 0 Å². The van der Waals surface area contributed by atoms with Crippen LogP contribution in [0.2, 0.25) is 0 Å². The Balaban J connectivity index is 2.52. The van der Waals surface area contributed by atoms with E-state index in [0.717, 1.165) is 33.3 Å². The third-order valence-electron chi connectivity index (χ3n) is 4.61. The van der Waals surface area contributed by atoms with E-state index in [0.29, 0.717) is 0 Å². The van der Waals surface area contributed by atoms with Crippen LogP contribution in [0.15, 0.2) is 29.2 Å². The molecule has 0 aliphatic carbocycles. The fourth-order valence-corrected chi connectivity index (χ4v) is 4.49. The summed E-state index contributed by atoms with van der Waals surface area (Å²) in [6.07, 6.45) is -5.77. The van der Waals surface area contributed by atoms with Gasteiger partial charge in [0.2, 0.25) is 16.3 Å². The van der Waals surface area contributed by atoms with E-state index < -0.39 is 71.2 Å². The van der Waals surface area contributed by atoms with Gasteiger partial charge in [-0.25, -0.2) is 8.42 Å². The summed E-state index contributed by atoms with van der Waals surface area (Å²) in [6, 6.07) is 4.36. The van der Waals surface area contributed by atoms with Gasteiger partial charge in [-0.15, -0.1) is 0 Å². The predicted molar refractivity (Wildman–Crippen MR) is 113 cm³/mol. The molecule has 34 heavy (non-hydrogen) atoms. The first-order valence-electron chi connectivity index (χ1n) is 10.2. The van der Waals surface area contributed by atoms with Crippen molar-refractivity contribution in [3.8, 4) is 0 Å². The highest BCUT2D eigenvalue weighted by Gasteiger charge is 2.53. The highest BCUT2D eigenvalue weighted by atomic mass is 32.2. The monoisotopic (exact) mass is 501 g/mol. The number of aryl methyl sites for hydroxylation is 1. The molecule has 0 bridgehead atoms. The number of carbonyl (C=O) groups is 4. The average molecular weight is 502 g/mol. The number of carbonyl (C=O) groups excluding carboxylic acids is 4. The van der Waals surface area contributed by atoms with Crippen LogP contribution in [0.1, 0.15) is 33.3 Å². The fraction of sp³-hybridized carbons (Fsp3) is 0.524. The molecule has 0 unspecified atom stereocenters. The SMILES string of the molecule is CC(=O)OC[C@@H]1O[C@H](OC(C)=O)[C@@H](NS(=O)(=O)c2ccc(C)cc2)[C@H](OC(C)=O)[C@@H]1OC(C)=O. The van der Waals surface area contributed by atoms with Crippen molar-refractivity contribution < 1.29 is 51.3 Å². The number of ether oxygens (including phenoxy) is 5. The van der Waals surface area contributed by atoms with Crippen LogP contribution in [-0.2, 0) is 52.9 Å². The first-order valence-corrected chi connectivity index (χ1v) is 11.7. The van der Waals surface area contributed by atoms with Gasteiger partial charge in [-0.05, 0) is 19.1 Å². The van der Waals surface area contributed by atoms with Crippen LogP contribution >= 0.6 is 0 Å². The molecule has 1 aromatic rings. The zero-order valence-electron chi connectivity index (χ0n) is 19.3. The maximum absolute atomic E-state index is 13.1. The third kappa shape index (κ3) is 7.50. The van der Waals surface area contributed by atoms with Gasteiger partial charge in [0, 0.05) is 27.7 Å². The second kappa shape index (κ2) is 11.4. The molecule has 1 saturated heterocycles. The summed E-state index contributed by atoms with van der Waals surface area (Å²) in [6.45, 7) is 5.66. The number of nitrogens with one attached hydrogen (secondary N) is 1. The summed E-state index contributed by atoms with van der Waals surface area (Å²) in [7, 11) is -4.25. The minimum atomic E-state index is -4.25. The van der Waals surface area contributed by atoms with Crippen molar-refractivity contribution in [2.75, 3.05) is 6.61 Å². The second-order valence-electron chi connectivity index (χ2n) is 7.56. The Morgan fingerprint density at radius 2 is 1.38 bits per heavy atom. The van der Waals surface area contributed by atoms with Gasteiger partial charge in [-0.2, -0.15) is 4.72 Å². The van der Waals surface area contributed by atoms with Crippen LogP contribution in [0, 0.1) is 6.92 Å². The lowest BCUT2D eigenvalue weighted by atomic mass is 9.97. The quantitative estimate of drug-likeness (QED) is 0.387. The Kier molecular flexibility index (Phi) is 9.13. The Bertz CT molecular complexity index is 1020. The van der Waals surface area contributed by atoms with Crippen LogP contribution in [0.5, 0.6) is 0 Å². The molecule has 2 rings (SSSR count). The van der Waals surface area contributed by atoms with E-state index in [1.165, 1.54) is 12.1 Å². The summed E-state index contributed by atoms with van der Waals surface area (Å²) in [5.41, 5.74) is 0.818. The third-order valence-corrected chi connectivity index (χ3v) is 6.08. The molecule has 13 heteroatoms. The van der Waals surface area contributed by atoms with Crippen LogP contribution in [-0.4, -0.2) is 69.5 Å². The highest BCUT2D eigenvalue weighted by molar-refractivity contribution is 7.89. The van der Waals surface area contributed by atoms with Gasteiger partial charge in [0.25, 0.3) is 0 Å². The first kappa shape index (κ1) is 27.2. The zero-order valence-corrected chi connectivity index (χ0v) is 20.1. The van der Waals surface area contributed by atoms with Crippen LogP contribution in [0.25, 0.3) is 0 Å². The van der Waals surface area contributed by atoms with Gasteiger partial charge in [-0.3, -0.25) is 19.2 Å². The summed E-state index contributed by atoms with van der Waals surface area (Å²) < 4.78 is 54.8. The van der Waals surface area contributed by atoms with Gasteiger partial charge >= 0.3 is 23.9 Å². The molecule has 0 amide bonds. The Morgan fingerprint density at radius 1 is 0.853 bits per heavy atom. The lowest BCUT2D eigenvalue weighted by Crippen LogP contribution is -2.66. The Labute approximate surface area is 196 Å². The minimum Gasteiger partial charge on any atom is -0.463 e. The summed E-state index contributed by atoms with van der Waals surface area (Å²) in [4.78, 5) is 46.6. The van der Waals surface area contributed by atoms with Crippen molar-refractivity contribution in [3.63, 3.8) is 0 Å². The lowest BCUT2D eigenvalue weighted by molar-refractivity contribution is -0.269. The van der Waals surface area contributed by atoms with Crippen molar-refractivity contribution in [1.82, 2.24) is 4.72 Å². The van der Waals surface area contributed by atoms with Gasteiger partial charge in [0.05, 0.1) is 4.90 Å². The van der Waals surface area contributed by atoms with Gasteiger partial charge < -0.3 is 23.7 Å². The normalized spacial score (nSPS) is 24.6. The van der Waals surface area contributed by atoms with Crippen molar-refractivity contribution in [1.29, 1.82) is 0 Å². The lowest BCUT2D eigenvalue weighted by Gasteiger charge is -2.44. The van der Waals surface area contributed by atoms with Crippen molar-refractivity contribution in [2.24, 2.45) is 0 Å². The fourth-order valence-electron chi connectivity index (χ4n) is 3.26. The highest BCUT2D eigenvalue weighted by Crippen LogP contribution is 2.29. The molecule has 12 nitrogen and oxygen atoms in total. The second-order valence-corrected chi connectivity index (χ2v) is 9.28.